The lowest BCUT2D eigenvalue weighted by atomic mass is 9.95. The highest BCUT2D eigenvalue weighted by Crippen LogP contribution is 2.30. The number of aryl methyl sites for hydroxylation is 1. The lowest BCUT2D eigenvalue weighted by molar-refractivity contribution is -0.123. The number of rotatable bonds is 2. The molecule has 120 valence electrons. The van der Waals surface area contributed by atoms with Crippen LogP contribution in [0.4, 0.5) is 5.69 Å². The quantitative estimate of drug-likeness (QED) is 0.832. The topological polar surface area (TPSA) is 57.7 Å². The van der Waals surface area contributed by atoms with Crippen molar-refractivity contribution in [3.63, 3.8) is 0 Å². The summed E-state index contributed by atoms with van der Waals surface area (Å²) in [6.45, 7) is 1.57. The Hall–Kier alpha value is -1.40. The van der Waals surface area contributed by atoms with E-state index in [1.54, 1.807) is 0 Å². The first-order valence-corrected chi connectivity index (χ1v) is 9.66. The molecule has 5 nitrogen and oxygen atoms in total. The zero-order valence-electron chi connectivity index (χ0n) is 12.9. The number of anilines is 1. The molecule has 2 heterocycles. The highest BCUT2D eigenvalue weighted by Gasteiger charge is 2.34. The maximum absolute atomic E-state index is 12.9. The number of amides is 1. The van der Waals surface area contributed by atoms with Crippen molar-refractivity contribution in [2.24, 2.45) is 5.92 Å². The smallest absolute Gasteiger partial charge is 0.231 e. The molecule has 0 aromatic heterocycles. The number of fused-ring (bicyclic) bond motifs is 1. The number of sulfonamides is 1. The molecule has 0 radical (unpaired) electrons. The van der Waals surface area contributed by atoms with Crippen molar-refractivity contribution in [1.82, 2.24) is 4.31 Å². The Labute approximate surface area is 132 Å². The number of hydrogen-bond acceptors (Lipinski definition) is 3. The number of piperidine rings is 1. The maximum Gasteiger partial charge on any atom is 0.231 e. The monoisotopic (exact) mass is 322 g/mol. The Kier molecular flexibility index (Phi) is 4.23. The van der Waals surface area contributed by atoms with E-state index in [9.17, 15) is 13.2 Å². The summed E-state index contributed by atoms with van der Waals surface area (Å²) in [7, 11) is -3.22. The molecule has 1 amide bonds. The number of benzene rings is 1. The van der Waals surface area contributed by atoms with Crippen LogP contribution < -0.4 is 4.90 Å². The molecule has 0 N–H and O–H groups in total. The molecule has 1 aromatic carbocycles. The Bertz CT molecular complexity index is 672. The maximum atomic E-state index is 12.9. The van der Waals surface area contributed by atoms with Crippen LogP contribution >= 0.6 is 0 Å². The average Bonchev–Trinajstić information content (AvgIpc) is 2.53. The number of nitrogens with zero attached hydrogens (tertiary/aromatic N) is 2. The van der Waals surface area contributed by atoms with Gasteiger partial charge in [-0.05, 0) is 37.3 Å². The number of para-hydroxylation sites is 1. The fraction of sp³-hybridized carbons (Fsp3) is 0.562. The lowest BCUT2D eigenvalue weighted by Gasteiger charge is -2.36. The van der Waals surface area contributed by atoms with Gasteiger partial charge in [-0.15, -0.1) is 0 Å². The normalized spacial score (nSPS) is 23.1. The molecule has 0 aliphatic carbocycles. The van der Waals surface area contributed by atoms with Gasteiger partial charge in [-0.3, -0.25) is 4.79 Å². The van der Waals surface area contributed by atoms with Crippen molar-refractivity contribution >= 4 is 21.6 Å². The molecule has 6 heteroatoms. The van der Waals surface area contributed by atoms with E-state index in [-0.39, 0.29) is 11.8 Å². The standard InChI is InChI=1S/C16H22N2O3S/c1-22(20,21)17-10-4-8-14(12-17)16(19)18-11-5-7-13-6-2-3-9-15(13)18/h2-3,6,9,14H,4-5,7-8,10-12H2,1H3/t14-/m0/s1. The van der Waals surface area contributed by atoms with Crippen LogP contribution in [0.15, 0.2) is 24.3 Å². The molecule has 1 saturated heterocycles. The van der Waals surface area contributed by atoms with E-state index in [1.165, 1.54) is 16.1 Å². The molecular weight excluding hydrogens is 300 g/mol. The first-order valence-electron chi connectivity index (χ1n) is 7.81. The van der Waals surface area contributed by atoms with E-state index >= 15 is 0 Å². The van der Waals surface area contributed by atoms with Crippen LogP contribution in [0.25, 0.3) is 0 Å². The average molecular weight is 322 g/mol. The van der Waals surface area contributed by atoms with Crippen molar-refractivity contribution in [2.75, 3.05) is 30.8 Å². The van der Waals surface area contributed by atoms with Crippen LogP contribution in [-0.2, 0) is 21.2 Å². The third kappa shape index (κ3) is 3.03. The molecule has 0 spiro atoms. The molecule has 22 heavy (non-hydrogen) atoms. The predicted molar refractivity (Wildman–Crippen MR) is 86.3 cm³/mol. The fourth-order valence-electron chi connectivity index (χ4n) is 3.43. The van der Waals surface area contributed by atoms with E-state index in [2.05, 4.69) is 6.07 Å². The van der Waals surface area contributed by atoms with Crippen LogP contribution in [0.3, 0.4) is 0 Å². The van der Waals surface area contributed by atoms with Crippen molar-refractivity contribution in [3.8, 4) is 0 Å². The third-order valence-electron chi connectivity index (χ3n) is 4.58. The molecule has 2 aliphatic rings. The summed E-state index contributed by atoms with van der Waals surface area (Å²) in [4.78, 5) is 14.7. The van der Waals surface area contributed by atoms with E-state index in [0.717, 1.165) is 37.9 Å². The Morgan fingerprint density at radius 2 is 1.95 bits per heavy atom. The van der Waals surface area contributed by atoms with Crippen molar-refractivity contribution in [2.45, 2.75) is 25.7 Å². The third-order valence-corrected chi connectivity index (χ3v) is 5.85. The second kappa shape index (κ2) is 6.01. The van der Waals surface area contributed by atoms with Gasteiger partial charge in [0.2, 0.25) is 15.9 Å². The molecule has 0 unspecified atom stereocenters. The van der Waals surface area contributed by atoms with Gasteiger partial charge in [0.15, 0.2) is 0 Å². The van der Waals surface area contributed by atoms with Crippen molar-refractivity contribution in [3.05, 3.63) is 29.8 Å². The SMILES string of the molecule is CS(=O)(=O)N1CCC[C@H](C(=O)N2CCCc3ccccc32)C1. The summed E-state index contributed by atoms with van der Waals surface area (Å²) in [5.74, 6) is -0.157. The summed E-state index contributed by atoms with van der Waals surface area (Å²) < 4.78 is 24.9. The van der Waals surface area contributed by atoms with Gasteiger partial charge < -0.3 is 4.90 Å². The molecule has 0 bridgehead atoms. The van der Waals surface area contributed by atoms with Crippen LogP contribution in [0, 0.1) is 5.92 Å². The highest BCUT2D eigenvalue weighted by molar-refractivity contribution is 7.88. The number of carbonyl (C=O) groups is 1. The van der Waals surface area contributed by atoms with Crippen LogP contribution in [0.5, 0.6) is 0 Å². The van der Waals surface area contributed by atoms with Gasteiger partial charge in [0, 0.05) is 25.3 Å². The molecule has 3 rings (SSSR count). The van der Waals surface area contributed by atoms with Gasteiger partial charge in [0.25, 0.3) is 0 Å². The first-order chi connectivity index (χ1) is 10.5. The molecule has 1 aromatic rings. The van der Waals surface area contributed by atoms with Gasteiger partial charge >= 0.3 is 0 Å². The van der Waals surface area contributed by atoms with E-state index in [4.69, 9.17) is 0 Å². The van der Waals surface area contributed by atoms with Crippen molar-refractivity contribution in [1.29, 1.82) is 0 Å². The summed E-state index contributed by atoms with van der Waals surface area (Å²) in [6.07, 6.45) is 4.70. The van der Waals surface area contributed by atoms with Crippen LogP contribution in [0.2, 0.25) is 0 Å². The highest BCUT2D eigenvalue weighted by atomic mass is 32.2. The van der Waals surface area contributed by atoms with Gasteiger partial charge in [0.1, 0.15) is 0 Å². The first kappa shape index (κ1) is 15.5. The second-order valence-corrected chi connectivity index (χ2v) is 8.16. The molecule has 2 aliphatic heterocycles. The zero-order chi connectivity index (χ0) is 15.7. The number of carbonyl (C=O) groups excluding carboxylic acids is 1. The van der Waals surface area contributed by atoms with Gasteiger partial charge in [-0.1, -0.05) is 18.2 Å². The van der Waals surface area contributed by atoms with E-state index < -0.39 is 10.0 Å². The Morgan fingerprint density at radius 1 is 1.18 bits per heavy atom. The van der Waals surface area contributed by atoms with Gasteiger partial charge in [-0.2, -0.15) is 0 Å². The molecule has 1 fully saturated rings. The van der Waals surface area contributed by atoms with Crippen molar-refractivity contribution < 1.29 is 13.2 Å². The minimum Gasteiger partial charge on any atom is -0.312 e. The van der Waals surface area contributed by atoms with Gasteiger partial charge in [0.05, 0.1) is 12.2 Å². The van der Waals surface area contributed by atoms with Gasteiger partial charge in [-0.25, -0.2) is 12.7 Å². The lowest BCUT2D eigenvalue weighted by Crippen LogP contribution is -2.47. The Balaban J connectivity index is 1.80. The largest absolute Gasteiger partial charge is 0.312 e. The summed E-state index contributed by atoms with van der Waals surface area (Å²) in [5.41, 5.74) is 2.20. The van der Waals surface area contributed by atoms with E-state index in [0.29, 0.717) is 13.1 Å². The summed E-state index contributed by atoms with van der Waals surface area (Å²) >= 11 is 0. The molecule has 0 saturated carbocycles. The second-order valence-electron chi connectivity index (χ2n) is 6.18. The Morgan fingerprint density at radius 3 is 2.73 bits per heavy atom. The number of hydrogen-bond donors (Lipinski definition) is 0. The van der Waals surface area contributed by atoms with E-state index in [1.807, 2.05) is 23.1 Å². The minimum absolute atomic E-state index is 0.0699. The summed E-state index contributed by atoms with van der Waals surface area (Å²) in [6, 6.07) is 8.01. The van der Waals surface area contributed by atoms with Crippen LogP contribution in [0.1, 0.15) is 24.8 Å². The summed E-state index contributed by atoms with van der Waals surface area (Å²) in [5, 5.41) is 0. The minimum atomic E-state index is -3.22. The zero-order valence-corrected chi connectivity index (χ0v) is 13.7. The predicted octanol–water partition coefficient (Wildman–Crippen LogP) is 1.64. The fourth-order valence-corrected chi connectivity index (χ4v) is 4.34. The molecule has 1 atom stereocenters. The van der Waals surface area contributed by atoms with Crippen LogP contribution in [-0.4, -0.2) is 44.5 Å². The molecular formula is C16H22N2O3S.